The van der Waals surface area contributed by atoms with Crippen molar-refractivity contribution in [1.82, 2.24) is 24.9 Å². The van der Waals surface area contributed by atoms with Crippen molar-refractivity contribution >= 4 is 76.7 Å². The highest BCUT2D eigenvalue weighted by atomic mass is 32.2. The number of aromatic amines is 2. The summed E-state index contributed by atoms with van der Waals surface area (Å²) in [6, 6.07) is 28.1. The molecule has 3 aromatic carbocycles. The Hall–Kier alpha value is -6.86. The summed E-state index contributed by atoms with van der Waals surface area (Å²) in [5.74, 6) is 0. The Morgan fingerprint density at radius 2 is 0.633 bits per heavy atom. The van der Waals surface area contributed by atoms with Gasteiger partial charge in [0.05, 0.1) is 37.5 Å². The number of nitrogens with one attached hydrogen (secondary N) is 2. The lowest BCUT2D eigenvalue weighted by Gasteiger charge is -2.08. The zero-order valence-electron chi connectivity index (χ0n) is 30.7. The summed E-state index contributed by atoms with van der Waals surface area (Å²) in [4.78, 5) is 20.6. The molecule has 14 nitrogen and oxygen atoms in total. The van der Waals surface area contributed by atoms with Gasteiger partial charge >= 0.3 is 0 Å². The first-order chi connectivity index (χ1) is 28.6. The first kappa shape index (κ1) is 38.6. The number of benzene rings is 3. The maximum atomic E-state index is 12.0. The molecule has 2 aliphatic heterocycles. The van der Waals surface area contributed by atoms with Crippen molar-refractivity contribution in [3.8, 4) is 44.5 Å². The number of nitrogens with zero attached hydrogens (tertiary/aromatic N) is 3. The van der Waals surface area contributed by atoms with Crippen molar-refractivity contribution < 1.29 is 38.9 Å². The summed E-state index contributed by atoms with van der Waals surface area (Å²) in [5.41, 5.74) is 9.32. The van der Waals surface area contributed by atoms with E-state index in [1.54, 1.807) is 48.8 Å². The van der Waals surface area contributed by atoms with Crippen molar-refractivity contribution in [2.24, 2.45) is 0 Å². The van der Waals surface area contributed by atoms with Crippen LogP contribution in [0.25, 0.3) is 90.9 Å². The molecule has 0 spiro atoms. The maximum Gasteiger partial charge on any atom is 0.294 e. The van der Waals surface area contributed by atoms with Gasteiger partial charge in [0.1, 0.15) is 0 Å². The lowest BCUT2D eigenvalue weighted by molar-refractivity contribution is 0.481. The van der Waals surface area contributed by atoms with Crippen LogP contribution in [0, 0.1) is 0 Å². The van der Waals surface area contributed by atoms with Crippen LogP contribution < -0.4 is 0 Å². The zero-order valence-corrected chi connectivity index (χ0v) is 33.2. The van der Waals surface area contributed by atoms with Gasteiger partial charge in [-0.25, -0.2) is 9.97 Å². The minimum atomic E-state index is -4.50. The third-order valence-electron chi connectivity index (χ3n) is 10.0. The molecule has 9 rings (SSSR count). The van der Waals surface area contributed by atoms with Gasteiger partial charge < -0.3 is 9.97 Å². The number of rotatable bonds is 7. The largest absolute Gasteiger partial charge is 0.354 e. The summed E-state index contributed by atoms with van der Waals surface area (Å²) in [7, 11) is -13.5. The van der Waals surface area contributed by atoms with Crippen LogP contribution in [0.3, 0.4) is 0 Å². The molecule has 2 aliphatic rings. The third kappa shape index (κ3) is 7.25. The molecule has 0 saturated heterocycles. The van der Waals surface area contributed by atoms with E-state index in [0.29, 0.717) is 83.8 Å². The Kier molecular flexibility index (Phi) is 9.31. The van der Waals surface area contributed by atoms with E-state index >= 15 is 0 Å². The lowest BCUT2D eigenvalue weighted by atomic mass is 10.0. The van der Waals surface area contributed by atoms with Gasteiger partial charge in [0.25, 0.3) is 30.4 Å². The van der Waals surface area contributed by atoms with E-state index < -0.39 is 30.4 Å². The van der Waals surface area contributed by atoms with Crippen LogP contribution in [-0.2, 0) is 30.4 Å². The van der Waals surface area contributed by atoms with E-state index in [2.05, 4.69) is 15.0 Å². The molecule has 60 heavy (non-hydrogen) atoms. The molecule has 0 saturated carbocycles. The average Bonchev–Trinajstić information content (AvgIpc) is 4.06. The van der Waals surface area contributed by atoms with Gasteiger partial charge in [-0.1, -0.05) is 36.4 Å². The normalized spacial score (nSPS) is 12.8. The number of hydrogen-bond donors (Lipinski definition) is 5. The highest BCUT2D eigenvalue weighted by molar-refractivity contribution is 7.86. The molecular formula is C43H29N5O9S3. The molecule has 0 fully saturated rings. The van der Waals surface area contributed by atoms with Gasteiger partial charge in [-0.05, 0) is 119 Å². The Bertz CT molecular complexity index is 3300. The Morgan fingerprint density at radius 3 is 0.967 bits per heavy atom. The van der Waals surface area contributed by atoms with Crippen molar-refractivity contribution in [2.75, 3.05) is 0 Å². The molecular weight excluding hydrogens is 827 g/mol. The van der Waals surface area contributed by atoms with Gasteiger partial charge in [0.15, 0.2) is 0 Å². The molecule has 0 aliphatic carbocycles. The van der Waals surface area contributed by atoms with Gasteiger partial charge in [-0.2, -0.15) is 25.3 Å². The van der Waals surface area contributed by atoms with Gasteiger partial charge in [0.2, 0.25) is 0 Å². The number of aromatic nitrogens is 5. The molecule has 0 radical (unpaired) electrons. The fourth-order valence-corrected chi connectivity index (χ4v) is 8.76. The van der Waals surface area contributed by atoms with E-state index in [-0.39, 0.29) is 14.7 Å². The lowest BCUT2D eigenvalue weighted by Crippen LogP contribution is -1.97. The van der Waals surface area contributed by atoms with Crippen LogP contribution in [-0.4, -0.2) is 63.8 Å². The Labute approximate surface area is 342 Å². The predicted molar refractivity (Wildman–Crippen MR) is 228 cm³/mol. The molecule has 17 heteroatoms. The third-order valence-corrected chi connectivity index (χ3v) is 12.6. The topological polar surface area (TPSA) is 233 Å². The molecule has 5 N–H and O–H groups in total. The van der Waals surface area contributed by atoms with Crippen LogP contribution in [0.5, 0.6) is 0 Å². The Balaban J connectivity index is 1.44. The zero-order chi connectivity index (χ0) is 42.0. The molecule has 298 valence electrons. The fraction of sp³-hybridized carbons (Fsp3) is 0. The van der Waals surface area contributed by atoms with E-state index in [1.807, 2.05) is 60.7 Å². The van der Waals surface area contributed by atoms with Gasteiger partial charge in [0, 0.05) is 56.7 Å². The van der Waals surface area contributed by atoms with Crippen LogP contribution in [0.1, 0.15) is 22.8 Å². The number of fused-ring (bicyclic) bond motifs is 8. The summed E-state index contributed by atoms with van der Waals surface area (Å²) in [6.07, 6.45) is 10.7. The van der Waals surface area contributed by atoms with Crippen LogP contribution in [0.4, 0.5) is 0 Å². The molecule has 8 bridgehead atoms. The fourth-order valence-electron chi connectivity index (χ4n) is 7.32. The van der Waals surface area contributed by atoms with E-state index in [4.69, 9.17) is 9.97 Å². The highest BCUT2D eigenvalue weighted by Crippen LogP contribution is 2.39. The first-order valence-electron chi connectivity index (χ1n) is 17.9. The standard InChI is InChI=1S/C43H29N5O9S3/c49-58(50,51)29-7-1-25(2-8-29)40-32-13-15-34(45-32)41(26-3-9-30(10-4-26)59(52,53)54)36-17-19-38(47-36)43(28-21-23-44-24-22-28)39-20-18-37(48-39)42(35-16-14-33(40)46-35)27-5-11-31(12-6-27)60(55,56)57/h1-24,45-46H,(H,49,50,51)(H,52,53,54)(H,55,56,57). The van der Waals surface area contributed by atoms with Crippen LogP contribution in [0.2, 0.25) is 0 Å². The summed E-state index contributed by atoms with van der Waals surface area (Å²) in [5, 5.41) is 0. The number of pyridine rings is 1. The Morgan fingerprint density at radius 1 is 0.350 bits per heavy atom. The summed E-state index contributed by atoms with van der Waals surface area (Å²) < 4.78 is 101. The second-order valence-corrected chi connectivity index (χ2v) is 18.0. The van der Waals surface area contributed by atoms with E-state index in [1.165, 1.54) is 36.4 Å². The summed E-state index contributed by atoms with van der Waals surface area (Å²) >= 11 is 0. The minimum Gasteiger partial charge on any atom is -0.354 e. The predicted octanol–water partition coefficient (Wildman–Crippen LogP) is 8.46. The van der Waals surface area contributed by atoms with Gasteiger partial charge in [-0.3, -0.25) is 18.6 Å². The SMILES string of the molecule is O=S(=O)(O)c1ccc(-c2c3nc(c(-c4ccncc4)c4nc(c(-c5ccc(S(=O)(=O)O)cc5)c5ccc([nH]5)c(-c5ccc(S(=O)(=O)O)cc5)c5ccc2[nH]5)C=C4)C=C3)cc1. The number of H-pyrrole nitrogens is 2. The second-order valence-electron chi connectivity index (χ2n) is 13.7. The van der Waals surface area contributed by atoms with Crippen molar-refractivity contribution in [3.63, 3.8) is 0 Å². The second kappa shape index (κ2) is 14.5. The first-order valence-corrected chi connectivity index (χ1v) is 22.2. The van der Waals surface area contributed by atoms with Crippen LogP contribution >= 0.6 is 0 Å². The minimum absolute atomic E-state index is 0.285. The van der Waals surface area contributed by atoms with Crippen molar-refractivity contribution in [3.05, 3.63) is 144 Å². The van der Waals surface area contributed by atoms with Crippen molar-refractivity contribution in [1.29, 1.82) is 0 Å². The molecule has 7 aromatic rings. The maximum absolute atomic E-state index is 12.0. The molecule has 6 heterocycles. The molecule has 0 atom stereocenters. The van der Waals surface area contributed by atoms with E-state index in [0.717, 1.165) is 5.56 Å². The highest BCUT2D eigenvalue weighted by Gasteiger charge is 2.21. The summed E-state index contributed by atoms with van der Waals surface area (Å²) in [6.45, 7) is 0. The van der Waals surface area contributed by atoms with Crippen LogP contribution in [0.15, 0.2) is 136 Å². The quantitative estimate of drug-likeness (QED) is 0.0950. The molecule has 0 amide bonds. The molecule has 0 unspecified atom stereocenters. The smallest absolute Gasteiger partial charge is 0.294 e. The average molecular weight is 856 g/mol. The number of hydrogen-bond acceptors (Lipinski definition) is 9. The molecule has 4 aromatic heterocycles. The van der Waals surface area contributed by atoms with Crippen molar-refractivity contribution in [2.45, 2.75) is 14.7 Å². The van der Waals surface area contributed by atoms with E-state index in [9.17, 15) is 38.9 Å². The van der Waals surface area contributed by atoms with Gasteiger partial charge in [-0.15, -0.1) is 0 Å². The monoisotopic (exact) mass is 855 g/mol.